The van der Waals surface area contributed by atoms with E-state index in [2.05, 4.69) is 4.72 Å². The third kappa shape index (κ3) is 5.33. The van der Waals surface area contributed by atoms with Gasteiger partial charge in [0.05, 0.1) is 4.90 Å². The molecular formula is C26H23Cl2NO2S. The number of hydrogen-bond acceptors (Lipinski definition) is 2. The molecule has 0 aromatic heterocycles. The molecule has 3 nitrogen and oxygen atoms in total. The van der Waals surface area contributed by atoms with Crippen LogP contribution in [0, 0.1) is 0 Å². The highest BCUT2D eigenvalue weighted by Crippen LogP contribution is 2.28. The minimum absolute atomic E-state index is 0.0938. The summed E-state index contributed by atoms with van der Waals surface area (Å²) in [6.45, 7) is 1.90. The van der Waals surface area contributed by atoms with E-state index in [1.165, 1.54) is 0 Å². The van der Waals surface area contributed by atoms with Gasteiger partial charge in [-0.05, 0) is 71.6 Å². The summed E-state index contributed by atoms with van der Waals surface area (Å²) in [6, 6.07) is 27.7. The van der Waals surface area contributed by atoms with Crippen LogP contribution >= 0.6 is 23.2 Å². The zero-order valence-corrected chi connectivity index (χ0v) is 19.8. The van der Waals surface area contributed by atoms with Gasteiger partial charge in [0.1, 0.15) is 0 Å². The number of rotatable bonds is 7. The maximum atomic E-state index is 13.2. The summed E-state index contributed by atoms with van der Waals surface area (Å²) in [7, 11) is -3.71. The lowest BCUT2D eigenvalue weighted by atomic mass is 9.87. The van der Waals surface area contributed by atoms with Crippen LogP contribution in [0.3, 0.4) is 0 Å². The Morgan fingerprint density at radius 2 is 1.38 bits per heavy atom. The number of hydrogen-bond donors (Lipinski definition) is 1. The molecule has 0 radical (unpaired) electrons. The molecule has 4 aromatic carbocycles. The minimum Gasteiger partial charge on any atom is -0.208 e. The second-order valence-electron chi connectivity index (χ2n) is 7.91. The van der Waals surface area contributed by atoms with Crippen molar-refractivity contribution in [3.63, 3.8) is 0 Å². The van der Waals surface area contributed by atoms with Gasteiger partial charge in [-0.25, -0.2) is 13.1 Å². The summed E-state index contributed by atoms with van der Waals surface area (Å²) < 4.78 is 29.3. The summed E-state index contributed by atoms with van der Waals surface area (Å²) in [5.41, 5.74) is 2.09. The van der Waals surface area contributed by atoms with Crippen LogP contribution in [-0.2, 0) is 16.4 Å². The Kier molecular flexibility index (Phi) is 6.87. The van der Waals surface area contributed by atoms with Crippen molar-refractivity contribution in [2.45, 2.75) is 30.2 Å². The van der Waals surface area contributed by atoms with Crippen molar-refractivity contribution in [1.29, 1.82) is 0 Å². The van der Waals surface area contributed by atoms with Crippen molar-refractivity contribution in [3.05, 3.63) is 112 Å². The molecule has 4 aromatic rings. The fraction of sp³-hybridized carbons (Fsp3) is 0.154. The first kappa shape index (κ1) is 22.8. The highest BCUT2D eigenvalue weighted by Gasteiger charge is 2.25. The summed E-state index contributed by atoms with van der Waals surface area (Å²) in [6.07, 6.45) is 0.653. The van der Waals surface area contributed by atoms with Crippen molar-refractivity contribution < 1.29 is 8.42 Å². The van der Waals surface area contributed by atoms with Crippen LogP contribution in [0.15, 0.2) is 95.9 Å². The quantitative estimate of drug-likeness (QED) is 0.312. The van der Waals surface area contributed by atoms with Crippen LogP contribution < -0.4 is 4.72 Å². The zero-order valence-electron chi connectivity index (χ0n) is 17.5. The van der Waals surface area contributed by atoms with Gasteiger partial charge in [0, 0.05) is 22.0 Å². The predicted molar refractivity (Wildman–Crippen MR) is 133 cm³/mol. The Morgan fingerprint density at radius 1 is 0.781 bits per heavy atom. The first-order chi connectivity index (χ1) is 15.3. The Balaban J connectivity index is 1.63. The molecule has 4 rings (SSSR count). The molecule has 0 fully saturated rings. The Labute approximate surface area is 199 Å². The molecule has 0 saturated heterocycles. The maximum Gasteiger partial charge on any atom is 0.240 e. The molecule has 0 amide bonds. The largest absolute Gasteiger partial charge is 0.240 e. The molecular weight excluding hydrogens is 461 g/mol. The van der Waals surface area contributed by atoms with Gasteiger partial charge in [-0.15, -0.1) is 0 Å². The summed E-state index contributed by atoms with van der Waals surface area (Å²) in [5.74, 6) is -0.0938. The van der Waals surface area contributed by atoms with Crippen molar-refractivity contribution in [3.8, 4) is 0 Å². The third-order valence-corrected chi connectivity index (χ3v) is 7.70. The molecule has 164 valence electrons. The normalized spacial score (nSPS) is 13.7. The first-order valence-electron chi connectivity index (χ1n) is 10.3. The first-order valence-corrected chi connectivity index (χ1v) is 12.6. The fourth-order valence-electron chi connectivity index (χ4n) is 3.90. The number of halogens is 2. The zero-order chi connectivity index (χ0) is 22.7. The van der Waals surface area contributed by atoms with E-state index < -0.39 is 10.0 Å². The number of nitrogens with one attached hydrogen (secondary N) is 1. The Hall–Kier alpha value is -2.37. The molecule has 0 saturated carbocycles. The van der Waals surface area contributed by atoms with E-state index in [0.717, 1.165) is 21.9 Å². The SMILES string of the molecule is CC(NS(=O)(=O)c1ccc2ccccc2c1)C(Cc1ccc(Cl)cc1)c1ccc(Cl)cc1. The molecule has 0 aliphatic rings. The van der Waals surface area contributed by atoms with Crippen molar-refractivity contribution in [2.75, 3.05) is 0 Å². The molecule has 0 spiro atoms. The Bertz CT molecular complexity index is 1320. The lowest BCUT2D eigenvalue weighted by Gasteiger charge is -2.26. The summed E-state index contributed by atoms with van der Waals surface area (Å²) in [4.78, 5) is 0.254. The molecule has 32 heavy (non-hydrogen) atoms. The average Bonchev–Trinajstić information content (AvgIpc) is 2.78. The van der Waals surface area contributed by atoms with Crippen LogP contribution in [0.1, 0.15) is 24.0 Å². The Morgan fingerprint density at radius 3 is 2.03 bits per heavy atom. The minimum atomic E-state index is -3.71. The van der Waals surface area contributed by atoms with Crippen molar-refractivity contribution >= 4 is 44.0 Å². The topological polar surface area (TPSA) is 46.2 Å². The monoisotopic (exact) mass is 483 g/mol. The molecule has 0 aliphatic carbocycles. The maximum absolute atomic E-state index is 13.2. The highest BCUT2D eigenvalue weighted by molar-refractivity contribution is 7.89. The molecule has 0 heterocycles. The second kappa shape index (κ2) is 9.63. The standard InChI is InChI=1S/C26H23Cl2NO2S/c1-18(29-32(30,31)25-15-10-20-4-2-3-5-22(20)17-25)26(21-8-13-24(28)14-9-21)16-19-6-11-23(27)12-7-19/h2-15,17-18,26,29H,16H2,1H3. The lowest BCUT2D eigenvalue weighted by Crippen LogP contribution is -2.37. The van der Waals surface area contributed by atoms with E-state index in [4.69, 9.17) is 23.2 Å². The van der Waals surface area contributed by atoms with Crippen LogP contribution in [0.25, 0.3) is 10.8 Å². The summed E-state index contributed by atoms with van der Waals surface area (Å²) >= 11 is 12.1. The van der Waals surface area contributed by atoms with E-state index in [9.17, 15) is 8.42 Å². The van der Waals surface area contributed by atoms with E-state index in [0.29, 0.717) is 16.5 Å². The van der Waals surface area contributed by atoms with E-state index in [-0.39, 0.29) is 16.9 Å². The van der Waals surface area contributed by atoms with Crippen LogP contribution in [0.2, 0.25) is 10.0 Å². The van der Waals surface area contributed by atoms with E-state index >= 15 is 0 Å². The summed E-state index contributed by atoms with van der Waals surface area (Å²) in [5, 5.41) is 3.20. The van der Waals surface area contributed by atoms with Gasteiger partial charge in [0.2, 0.25) is 10.0 Å². The lowest BCUT2D eigenvalue weighted by molar-refractivity contribution is 0.503. The molecule has 2 unspecified atom stereocenters. The van der Waals surface area contributed by atoms with Gasteiger partial charge in [0.15, 0.2) is 0 Å². The third-order valence-electron chi connectivity index (χ3n) is 5.64. The van der Waals surface area contributed by atoms with Gasteiger partial charge in [-0.2, -0.15) is 0 Å². The molecule has 1 N–H and O–H groups in total. The van der Waals surface area contributed by atoms with Gasteiger partial charge in [0.25, 0.3) is 0 Å². The average molecular weight is 484 g/mol. The fourth-order valence-corrected chi connectivity index (χ4v) is 5.47. The molecule has 6 heteroatoms. The van der Waals surface area contributed by atoms with E-state index in [1.807, 2.05) is 85.8 Å². The van der Waals surface area contributed by atoms with Crippen molar-refractivity contribution in [2.24, 2.45) is 0 Å². The van der Waals surface area contributed by atoms with Crippen LogP contribution in [0.5, 0.6) is 0 Å². The molecule has 0 aliphatic heterocycles. The second-order valence-corrected chi connectivity index (χ2v) is 10.5. The number of sulfonamides is 1. The smallest absolute Gasteiger partial charge is 0.208 e. The predicted octanol–water partition coefficient (Wildman–Crippen LogP) is 6.84. The highest BCUT2D eigenvalue weighted by atomic mass is 35.5. The van der Waals surface area contributed by atoms with E-state index in [1.54, 1.807) is 12.1 Å². The molecule has 0 bridgehead atoms. The number of fused-ring (bicyclic) bond motifs is 1. The van der Waals surface area contributed by atoms with Gasteiger partial charge < -0.3 is 0 Å². The van der Waals surface area contributed by atoms with Crippen LogP contribution in [0.4, 0.5) is 0 Å². The van der Waals surface area contributed by atoms with Crippen molar-refractivity contribution in [1.82, 2.24) is 4.72 Å². The number of benzene rings is 4. The van der Waals surface area contributed by atoms with Gasteiger partial charge >= 0.3 is 0 Å². The van der Waals surface area contributed by atoms with Gasteiger partial charge in [-0.1, -0.05) is 77.8 Å². The van der Waals surface area contributed by atoms with Crippen LogP contribution in [-0.4, -0.2) is 14.5 Å². The molecule has 2 atom stereocenters. The van der Waals surface area contributed by atoms with Gasteiger partial charge in [-0.3, -0.25) is 0 Å².